The monoisotopic (exact) mass is 699 g/mol. The number of nitrogens with two attached hydrogens (primary N) is 1. The number of rotatable bonds is 5. The lowest BCUT2D eigenvalue weighted by Gasteiger charge is -2.10. The molecule has 0 spiro atoms. The summed E-state index contributed by atoms with van der Waals surface area (Å²) in [6, 6.07) is 15.0. The number of hydrogen-bond donors (Lipinski definition) is 3. The molecule has 0 bridgehead atoms. The van der Waals surface area contributed by atoms with Crippen LogP contribution in [-0.4, -0.2) is 83.1 Å². The fourth-order valence-corrected chi connectivity index (χ4v) is 5.71. The van der Waals surface area contributed by atoms with Crippen molar-refractivity contribution in [1.82, 2.24) is 18.9 Å². The lowest BCUT2D eigenvalue weighted by molar-refractivity contribution is -0.125. The maximum absolute atomic E-state index is 12.4. The van der Waals surface area contributed by atoms with Gasteiger partial charge in [-0.25, -0.2) is 4.79 Å². The summed E-state index contributed by atoms with van der Waals surface area (Å²) in [7, 11) is 9.60. The molecule has 0 saturated heterocycles. The van der Waals surface area contributed by atoms with Gasteiger partial charge in [-0.05, 0) is 95.8 Å². The Labute approximate surface area is 299 Å². The van der Waals surface area contributed by atoms with Crippen molar-refractivity contribution >= 4 is 47.2 Å². The Balaban J connectivity index is 0.000000221. The number of aromatic carboxylic acids is 1. The van der Waals surface area contributed by atoms with Crippen LogP contribution in [0.25, 0.3) is 12.2 Å². The zero-order chi connectivity index (χ0) is 38.9. The third-order valence-electron chi connectivity index (χ3n) is 8.09. The Bertz CT molecular complexity index is 2020. The number of likely N-dealkylation sites (N-methyl/N-ethyl adjacent to an activating group) is 2. The molecule has 4 N–H and O–H groups in total. The first kappa shape index (κ1) is 37.9. The number of nitrogens with zero attached hydrogens (tertiary/aromatic N) is 4. The van der Waals surface area contributed by atoms with Gasteiger partial charge >= 0.3 is 5.97 Å². The second kappa shape index (κ2) is 17.1. The molecule has 0 unspecified atom stereocenters. The van der Waals surface area contributed by atoms with Crippen LogP contribution >= 0.6 is 0 Å². The summed E-state index contributed by atoms with van der Waals surface area (Å²) in [4.78, 5) is 49.8. The molecule has 2 aliphatic rings. The van der Waals surface area contributed by atoms with Crippen LogP contribution < -0.4 is 11.1 Å². The van der Waals surface area contributed by atoms with E-state index in [4.69, 9.17) is 12.2 Å². The molecule has 0 fully saturated rings. The van der Waals surface area contributed by atoms with Crippen LogP contribution in [0.2, 0.25) is 0 Å². The molecule has 12 heteroatoms. The van der Waals surface area contributed by atoms with E-state index in [0.29, 0.717) is 24.2 Å². The van der Waals surface area contributed by atoms with Gasteiger partial charge in [-0.2, -0.15) is 0 Å². The highest BCUT2D eigenvalue weighted by Crippen LogP contribution is 2.29. The lowest BCUT2D eigenvalue weighted by Crippen LogP contribution is -2.23. The van der Waals surface area contributed by atoms with Gasteiger partial charge < -0.3 is 35.1 Å². The van der Waals surface area contributed by atoms with Crippen molar-refractivity contribution < 1.29 is 30.0 Å². The third kappa shape index (κ3) is 10.1. The van der Waals surface area contributed by atoms with Gasteiger partial charge in [0.25, 0.3) is 5.91 Å². The van der Waals surface area contributed by atoms with E-state index in [1.807, 2.05) is 86.3 Å². The smallest absolute Gasteiger partial charge is 0.352 e. The maximum Gasteiger partial charge on any atom is 0.352 e. The number of carboxylic acid groups (broad SMARTS) is 1. The molecule has 3 amide bonds. The Morgan fingerprint density at radius 3 is 1.65 bits per heavy atom. The van der Waals surface area contributed by atoms with Gasteiger partial charge in [-0.1, -0.05) is 12.1 Å². The summed E-state index contributed by atoms with van der Waals surface area (Å²) in [6.45, 7) is 3.83. The molecule has 51 heavy (non-hydrogen) atoms. The molecule has 0 radical (unpaired) electrons. The van der Waals surface area contributed by atoms with Crippen molar-refractivity contribution in [2.45, 2.75) is 26.7 Å². The topological polar surface area (TPSA) is 143 Å². The van der Waals surface area contributed by atoms with Crippen LogP contribution in [0.5, 0.6) is 0 Å². The molecule has 2 aromatic carbocycles. The highest BCUT2D eigenvalue weighted by atomic mass is 19.1. The van der Waals surface area contributed by atoms with Gasteiger partial charge in [-0.3, -0.25) is 18.8 Å². The van der Waals surface area contributed by atoms with E-state index >= 15 is 0 Å². The van der Waals surface area contributed by atoms with Crippen molar-refractivity contribution in [2.75, 3.05) is 46.4 Å². The number of benzene rings is 2. The minimum absolute atomic E-state index is 0.0241. The predicted octanol–water partition coefficient (Wildman–Crippen LogP) is 5.53. The number of halogens is 1. The zero-order valence-corrected chi connectivity index (χ0v) is 30.4. The zero-order valence-electron chi connectivity index (χ0n) is 31.4. The van der Waals surface area contributed by atoms with Crippen LogP contribution in [0, 0.1) is 13.8 Å². The summed E-state index contributed by atoms with van der Waals surface area (Å²) < 4.78 is 18.9. The Morgan fingerprint density at radius 1 is 0.784 bits per heavy atom. The van der Waals surface area contributed by atoms with E-state index in [1.165, 1.54) is 5.56 Å². The van der Waals surface area contributed by atoms with Gasteiger partial charge in [0.05, 0.1) is 8.52 Å². The highest BCUT2D eigenvalue weighted by molar-refractivity contribution is 6.04. The number of carbonyl (C=O) groups is 4. The van der Waals surface area contributed by atoms with Crippen molar-refractivity contribution in [3.8, 4) is 0 Å². The van der Waals surface area contributed by atoms with E-state index < -0.39 is 13.1 Å². The quantitative estimate of drug-likeness (QED) is 0.234. The minimum atomic E-state index is -1.00. The normalized spacial score (nSPS) is 12.1. The van der Waals surface area contributed by atoms with Crippen molar-refractivity contribution in [1.29, 1.82) is 0 Å². The summed E-state index contributed by atoms with van der Waals surface area (Å²) in [5, 5.41) is 11.5. The number of fused-ring (bicyclic) bond motifs is 2. The van der Waals surface area contributed by atoms with Gasteiger partial charge in [0.2, 0.25) is 11.8 Å². The lowest BCUT2D eigenvalue weighted by atomic mass is 10.1. The van der Waals surface area contributed by atoms with E-state index in [2.05, 4.69) is 5.32 Å². The predicted molar refractivity (Wildman–Crippen MR) is 200 cm³/mol. The molecule has 11 nitrogen and oxygen atoms in total. The summed E-state index contributed by atoms with van der Waals surface area (Å²) in [6.07, 6.45) is 8.88. The fraction of sp³-hybridized carbons (Fsp3) is 0.282. The summed E-state index contributed by atoms with van der Waals surface area (Å²) in [5.74, 6) is -0.923. The first-order valence-corrected chi connectivity index (χ1v) is 16.0. The standard InChI is InChI=1S/C19H21N3O2.C12H14N2O.C7H9NO2.CH3F/c1-12-7-17(22(4)11-12)18(23)20-16-6-5-13-8-15(9-14(13)10-16)19(24)21(2)3;1-14(2)12(15)10-5-8-3-4-11(13)7-9(8)6-10;1-5-3-6(7(9)10)8(2)4-5;1-2/h5-7,9-11H,8H2,1-4H3,(H,20,23);3-4,6-7H,5,13H2,1-2H3;3-4H,1-2H3,(H,9,10);1H3/i;;;1D. The molecule has 0 atom stereocenters. The van der Waals surface area contributed by atoms with E-state index in [-0.39, 0.29) is 17.7 Å². The number of aromatic nitrogens is 2. The first-order valence-electron chi connectivity index (χ1n) is 16.7. The Hall–Kier alpha value is -5.91. The van der Waals surface area contributed by atoms with Crippen molar-refractivity contribution in [3.05, 3.63) is 117 Å². The van der Waals surface area contributed by atoms with Crippen molar-refractivity contribution in [2.24, 2.45) is 14.1 Å². The highest BCUT2D eigenvalue weighted by Gasteiger charge is 2.21. The molecular weight excluding hydrogens is 651 g/mol. The van der Waals surface area contributed by atoms with Crippen LogP contribution in [0.3, 0.4) is 0 Å². The maximum atomic E-state index is 12.4. The molecule has 2 heterocycles. The summed E-state index contributed by atoms with van der Waals surface area (Å²) in [5.41, 5.74) is 16.1. The third-order valence-corrected chi connectivity index (χ3v) is 8.09. The number of hydrogen-bond acceptors (Lipinski definition) is 5. The molecule has 270 valence electrons. The molecular formula is C39H47FN6O5. The first-order chi connectivity index (χ1) is 24.4. The largest absolute Gasteiger partial charge is 0.477 e. The number of nitrogens with one attached hydrogen (secondary N) is 1. The minimum Gasteiger partial charge on any atom is -0.477 e. The number of carbonyl (C=O) groups excluding carboxylic acids is 3. The summed E-state index contributed by atoms with van der Waals surface area (Å²) >= 11 is 0. The second-order valence-corrected chi connectivity index (χ2v) is 12.8. The van der Waals surface area contributed by atoms with E-state index in [9.17, 15) is 23.6 Å². The number of alkyl halides is 1. The average Bonchev–Trinajstić information content (AvgIpc) is 3.85. The van der Waals surface area contributed by atoms with Crippen LogP contribution in [0.1, 0.15) is 55.7 Å². The number of aryl methyl sites for hydroxylation is 4. The van der Waals surface area contributed by atoms with E-state index in [1.54, 1.807) is 61.9 Å². The number of amides is 3. The van der Waals surface area contributed by atoms with Gasteiger partial charge in [-0.15, -0.1) is 0 Å². The van der Waals surface area contributed by atoms with E-state index in [0.717, 1.165) is 50.3 Å². The van der Waals surface area contributed by atoms with Crippen LogP contribution in [0.15, 0.2) is 72.1 Å². The Kier molecular flexibility index (Phi) is 12.7. The van der Waals surface area contributed by atoms with Crippen LogP contribution in [-0.2, 0) is 36.5 Å². The Morgan fingerprint density at radius 2 is 1.24 bits per heavy atom. The molecule has 2 aliphatic carbocycles. The van der Waals surface area contributed by atoms with Crippen LogP contribution in [0.4, 0.5) is 15.8 Å². The number of nitrogen functional groups attached to an aromatic ring is 1. The molecule has 0 saturated carbocycles. The SMILES string of the molecule is CN(C)C(=O)C1=Cc2cc(N)ccc2C1.Cc1cc(C(=O)Nc2ccc3c(c2)C=C(C(=O)N(C)C)C3)n(C)c1.Cc1cc(C(=O)O)n(C)c1.[2H]CF. The van der Waals surface area contributed by atoms with Crippen molar-refractivity contribution in [3.63, 3.8) is 0 Å². The average molecular weight is 700 g/mol. The molecule has 0 aliphatic heterocycles. The van der Waals surface area contributed by atoms with Gasteiger partial charge in [0.1, 0.15) is 11.4 Å². The fourth-order valence-electron chi connectivity index (χ4n) is 5.71. The molecule has 6 rings (SSSR count). The van der Waals surface area contributed by atoms with Gasteiger partial charge in [0.15, 0.2) is 0 Å². The second-order valence-electron chi connectivity index (χ2n) is 12.8. The van der Waals surface area contributed by atoms with Gasteiger partial charge in [0, 0.05) is 90.0 Å². The molecule has 2 aromatic heterocycles. The number of carboxylic acids is 1. The molecule has 4 aromatic rings. The number of anilines is 2.